The van der Waals surface area contributed by atoms with Crippen LogP contribution in [-0.2, 0) is 19.0 Å². The Morgan fingerprint density at radius 2 is 1.95 bits per heavy atom. The topological polar surface area (TPSA) is 44.8 Å². The summed E-state index contributed by atoms with van der Waals surface area (Å²) in [5.41, 5.74) is 0. The minimum Gasteiger partial charge on any atom is -0.433 e. The second-order valence-corrected chi connectivity index (χ2v) is 7.34. The predicted octanol–water partition coefficient (Wildman–Crippen LogP) is 2.53. The number of carbonyl (C=O) groups is 1. The molecule has 4 aliphatic rings. The van der Waals surface area contributed by atoms with Crippen molar-refractivity contribution in [2.45, 2.75) is 51.6 Å². The first kappa shape index (κ1) is 13.8. The number of allylic oxidation sites excluding steroid dienone is 2. The predicted molar refractivity (Wildman–Crippen MR) is 76.3 cm³/mol. The minimum absolute atomic E-state index is 0.0601. The molecule has 116 valence electrons. The molecule has 7 atom stereocenters. The molecular weight excluding hydrogens is 268 g/mol. The van der Waals surface area contributed by atoms with Crippen molar-refractivity contribution >= 4 is 5.97 Å². The highest BCUT2D eigenvalue weighted by molar-refractivity contribution is 5.74. The maximum Gasteiger partial charge on any atom is 0.314 e. The highest BCUT2D eigenvalue weighted by Gasteiger charge is 2.64. The fourth-order valence-corrected chi connectivity index (χ4v) is 5.15. The molecule has 2 aliphatic heterocycles. The van der Waals surface area contributed by atoms with Crippen molar-refractivity contribution < 1.29 is 19.0 Å². The number of esters is 1. The number of rotatable bonds is 4. The third-order valence-corrected chi connectivity index (χ3v) is 5.75. The first-order valence-electron chi connectivity index (χ1n) is 8.21. The van der Waals surface area contributed by atoms with Gasteiger partial charge in [0.15, 0.2) is 0 Å². The fourth-order valence-electron chi connectivity index (χ4n) is 5.15. The zero-order valence-corrected chi connectivity index (χ0v) is 13.0. The van der Waals surface area contributed by atoms with Gasteiger partial charge in [-0.25, -0.2) is 0 Å². The largest absolute Gasteiger partial charge is 0.433 e. The lowest BCUT2D eigenvalue weighted by Gasteiger charge is -2.34. The average molecular weight is 292 g/mol. The molecule has 2 heterocycles. The Balaban J connectivity index is 1.47. The summed E-state index contributed by atoms with van der Waals surface area (Å²) in [5, 5.41) is 0. The molecule has 0 N–H and O–H groups in total. The lowest BCUT2D eigenvalue weighted by atomic mass is 9.69. The smallest absolute Gasteiger partial charge is 0.314 e. The number of ether oxygens (including phenoxy) is 3. The summed E-state index contributed by atoms with van der Waals surface area (Å²) in [6.45, 7) is 6.03. The van der Waals surface area contributed by atoms with Crippen LogP contribution < -0.4 is 0 Å². The van der Waals surface area contributed by atoms with Crippen LogP contribution in [0.3, 0.4) is 0 Å². The van der Waals surface area contributed by atoms with Crippen LogP contribution in [0.5, 0.6) is 0 Å². The van der Waals surface area contributed by atoms with E-state index in [0.29, 0.717) is 30.3 Å². The van der Waals surface area contributed by atoms with Crippen LogP contribution in [0.25, 0.3) is 0 Å². The molecule has 1 saturated carbocycles. The fraction of sp³-hybridized carbons (Fsp3) is 0.824. The standard InChI is InChI=1S/C17H24O4/c1-4-19-17(2,3)21-16(18)11-8-12-13-9-5-6-10(7-9)14(13)15(11)20-12/h5-6,9-15H,4,7-8H2,1-3H3. The van der Waals surface area contributed by atoms with Gasteiger partial charge in [0.2, 0.25) is 5.79 Å². The molecule has 4 nitrogen and oxygen atoms in total. The van der Waals surface area contributed by atoms with E-state index in [1.165, 1.54) is 6.42 Å². The van der Waals surface area contributed by atoms with E-state index in [9.17, 15) is 4.79 Å². The third-order valence-electron chi connectivity index (χ3n) is 5.75. The third kappa shape index (κ3) is 1.99. The van der Waals surface area contributed by atoms with E-state index in [0.717, 1.165) is 6.42 Å². The Labute approximate surface area is 125 Å². The van der Waals surface area contributed by atoms with Crippen LogP contribution >= 0.6 is 0 Å². The Morgan fingerprint density at radius 1 is 1.24 bits per heavy atom. The zero-order valence-electron chi connectivity index (χ0n) is 13.0. The van der Waals surface area contributed by atoms with Crippen LogP contribution in [0.1, 0.15) is 33.6 Å². The molecule has 0 aromatic heterocycles. The summed E-state index contributed by atoms with van der Waals surface area (Å²) in [4.78, 5) is 12.5. The summed E-state index contributed by atoms with van der Waals surface area (Å²) in [6, 6.07) is 0. The molecule has 21 heavy (non-hydrogen) atoms. The van der Waals surface area contributed by atoms with Crippen molar-refractivity contribution in [3.8, 4) is 0 Å². The van der Waals surface area contributed by atoms with Gasteiger partial charge in [-0.15, -0.1) is 0 Å². The van der Waals surface area contributed by atoms with Crippen molar-refractivity contribution in [2.75, 3.05) is 6.61 Å². The Kier molecular flexibility index (Phi) is 2.99. The lowest BCUT2D eigenvalue weighted by Crippen LogP contribution is -2.42. The number of fused-ring (bicyclic) bond motifs is 9. The molecule has 4 rings (SSSR count). The normalized spacial score (nSPS) is 46.1. The Hall–Kier alpha value is -0.870. The quantitative estimate of drug-likeness (QED) is 0.454. The number of carbonyl (C=O) groups excluding carboxylic acids is 1. The van der Waals surface area contributed by atoms with Crippen LogP contribution in [0.2, 0.25) is 0 Å². The van der Waals surface area contributed by atoms with Gasteiger partial charge in [0, 0.05) is 20.5 Å². The molecule has 0 spiro atoms. The summed E-state index contributed by atoms with van der Waals surface area (Å²) in [6.07, 6.45) is 7.10. The van der Waals surface area contributed by atoms with Gasteiger partial charge in [0.25, 0.3) is 0 Å². The molecule has 0 radical (unpaired) electrons. The highest BCUT2D eigenvalue weighted by atomic mass is 16.7. The van der Waals surface area contributed by atoms with Crippen molar-refractivity contribution in [2.24, 2.45) is 29.6 Å². The van der Waals surface area contributed by atoms with Gasteiger partial charge in [0.1, 0.15) is 0 Å². The second kappa shape index (κ2) is 4.56. The molecule has 3 fully saturated rings. The van der Waals surface area contributed by atoms with Crippen molar-refractivity contribution in [3.63, 3.8) is 0 Å². The highest BCUT2D eigenvalue weighted by Crippen LogP contribution is 2.61. The monoisotopic (exact) mass is 292 g/mol. The van der Waals surface area contributed by atoms with E-state index >= 15 is 0 Å². The number of hydrogen-bond acceptors (Lipinski definition) is 4. The molecule has 7 unspecified atom stereocenters. The van der Waals surface area contributed by atoms with E-state index in [4.69, 9.17) is 14.2 Å². The van der Waals surface area contributed by atoms with E-state index in [1.807, 2.05) is 6.92 Å². The van der Waals surface area contributed by atoms with E-state index in [-0.39, 0.29) is 24.1 Å². The Morgan fingerprint density at radius 3 is 2.67 bits per heavy atom. The van der Waals surface area contributed by atoms with Crippen LogP contribution in [-0.4, -0.2) is 30.6 Å². The van der Waals surface area contributed by atoms with Crippen LogP contribution in [0, 0.1) is 29.6 Å². The molecule has 0 aromatic rings. The van der Waals surface area contributed by atoms with Crippen LogP contribution in [0.4, 0.5) is 0 Å². The summed E-state index contributed by atoms with van der Waals surface area (Å²) >= 11 is 0. The average Bonchev–Trinajstić information content (AvgIpc) is 3.16. The van der Waals surface area contributed by atoms with E-state index in [2.05, 4.69) is 12.2 Å². The van der Waals surface area contributed by atoms with Gasteiger partial charge in [-0.3, -0.25) is 4.79 Å². The van der Waals surface area contributed by atoms with Gasteiger partial charge >= 0.3 is 5.97 Å². The number of hydrogen-bond donors (Lipinski definition) is 0. The maximum atomic E-state index is 12.5. The molecular formula is C17H24O4. The molecule has 0 amide bonds. The molecule has 2 aliphatic carbocycles. The van der Waals surface area contributed by atoms with Gasteiger partial charge < -0.3 is 14.2 Å². The van der Waals surface area contributed by atoms with E-state index < -0.39 is 5.79 Å². The second-order valence-electron chi connectivity index (χ2n) is 7.34. The van der Waals surface area contributed by atoms with Gasteiger partial charge in [-0.1, -0.05) is 12.2 Å². The zero-order chi connectivity index (χ0) is 14.8. The lowest BCUT2D eigenvalue weighted by molar-refractivity contribution is -0.219. The summed E-state index contributed by atoms with van der Waals surface area (Å²) in [7, 11) is 0. The van der Waals surface area contributed by atoms with Gasteiger partial charge in [0.05, 0.1) is 18.1 Å². The van der Waals surface area contributed by atoms with Crippen molar-refractivity contribution in [3.05, 3.63) is 12.2 Å². The minimum atomic E-state index is -0.846. The Bertz CT molecular complexity index is 483. The molecule has 4 heteroatoms. The van der Waals surface area contributed by atoms with Crippen molar-refractivity contribution in [1.29, 1.82) is 0 Å². The summed E-state index contributed by atoms with van der Waals surface area (Å²) in [5.74, 6) is 1.38. The van der Waals surface area contributed by atoms with Gasteiger partial charge in [-0.2, -0.15) is 0 Å². The first-order chi connectivity index (χ1) is 10.00. The summed E-state index contributed by atoms with van der Waals surface area (Å²) < 4.78 is 17.2. The maximum absolute atomic E-state index is 12.5. The molecule has 0 aromatic carbocycles. The van der Waals surface area contributed by atoms with Crippen molar-refractivity contribution in [1.82, 2.24) is 0 Å². The molecule has 2 saturated heterocycles. The SMILES string of the molecule is CCOC(C)(C)OC(=O)C1CC2OC1C1C3C=CC(C3)C21. The first-order valence-corrected chi connectivity index (χ1v) is 8.21. The van der Waals surface area contributed by atoms with E-state index in [1.54, 1.807) is 13.8 Å². The molecule has 4 bridgehead atoms. The van der Waals surface area contributed by atoms with Crippen LogP contribution in [0.15, 0.2) is 12.2 Å². The van der Waals surface area contributed by atoms with Gasteiger partial charge in [-0.05, 0) is 43.4 Å².